The molecule has 2 heterocycles. The van der Waals surface area contributed by atoms with Crippen LogP contribution in [0.15, 0.2) is 69.6 Å². The van der Waals surface area contributed by atoms with Crippen LogP contribution in [0.1, 0.15) is 31.0 Å². The second-order valence-corrected chi connectivity index (χ2v) is 8.99. The number of hydrogen-bond donors (Lipinski definition) is 0. The molecule has 168 valence electrons. The molecule has 0 bridgehead atoms. The summed E-state index contributed by atoms with van der Waals surface area (Å²) in [6.45, 7) is 3.25. The van der Waals surface area contributed by atoms with Gasteiger partial charge in [-0.1, -0.05) is 35.6 Å². The summed E-state index contributed by atoms with van der Waals surface area (Å²) in [7, 11) is 3.88. The molecule has 0 fully saturated rings. The Labute approximate surface area is 193 Å². The van der Waals surface area contributed by atoms with Crippen molar-refractivity contribution < 1.29 is 9.72 Å². The lowest BCUT2D eigenvalue weighted by Gasteiger charge is -2.25. The number of fused-ring (bicyclic) bond motifs is 1. The number of nitro benzene ring substituents is 1. The monoisotopic (exact) mass is 462 g/mol. The Kier molecular flexibility index (Phi) is 5.82. The molecular formula is C24H22N4O4S. The van der Waals surface area contributed by atoms with E-state index in [1.165, 1.54) is 30.4 Å². The van der Waals surface area contributed by atoms with E-state index in [2.05, 4.69) is 4.99 Å². The number of nitro groups is 1. The van der Waals surface area contributed by atoms with Gasteiger partial charge in [0.2, 0.25) is 0 Å². The van der Waals surface area contributed by atoms with Crippen LogP contribution in [-0.4, -0.2) is 29.4 Å². The van der Waals surface area contributed by atoms with E-state index in [0.29, 0.717) is 26.2 Å². The maximum absolute atomic E-state index is 13.5. The van der Waals surface area contributed by atoms with Crippen LogP contribution in [0.25, 0.3) is 6.08 Å². The first-order valence-electron chi connectivity index (χ1n) is 10.2. The highest BCUT2D eigenvalue weighted by Crippen LogP contribution is 2.31. The molecule has 0 amide bonds. The van der Waals surface area contributed by atoms with E-state index in [1.54, 1.807) is 29.7 Å². The van der Waals surface area contributed by atoms with Gasteiger partial charge in [0.15, 0.2) is 10.6 Å². The number of allylic oxidation sites excluding steroid dienone is 2. The molecule has 8 nitrogen and oxygen atoms in total. The Balaban J connectivity index is 1.92. The van der Waals surface area contributed by atoms with E-state index in [0.717, 1.165) is 11.3 Å². The Morgan fingerprint density at radius 2 is 1.91 bits per heavy atom. The van der Waals surface area contributed by atoms with Gasteiger partial charge < -0.3 is 4.90 Å². The molecule has 0 unspecified atom stereocenters. The van der Waals surface area contributed by atoms with Crippen LogP contribution in [-0.2, 0) is 4.79 Å². The van der Waals surface area contributed by atoms with Crippen LogP contribution in [0.3, 0.4) is 0 Å². The molecule has 33 heavy (non-hydrogen) atoms. The number of hydrogen-bond acceptors (Lipinski definition) is 7. The molecule has 2 aromatic carbocycles. The molecule has 1 aliphatic heterocycles. The third-order valence-corrected chi connectivity index (χ3v) is 6.49. The number of carbonyl (C=O) groups is 1. The molecule has 0 radical (unpaired) electrons. The fourth-order valence-corrected chi connectivity index (χ4v) is 4.97. The van der Waals surface area contributed by atoms with Gasteiger partial charge in [-0.3, -0.25) is 24.3 Å². The first-order chi connectivity index (χ1) is 15.7. The second-order valence-electron chi connectivity index (χ2n) is 7.98. The zero-order valence-electron chi connectivity index (χ0n) is 18.6. The fraction of sp³-hybridized carbons (Fsp3) is 0.208. The lowest BCUT2D eigenvalue weighted by molar-refractivity contribution is -0.384. The van der Waals surface area contributed by atoms with Gasteiger partial charge in [0, 0.05) is 43.2 Å². The highest BCUT2D eigenvalue weighted by molar-refractivity contribution is 7.07. The van der Waals surface area contributed by atoms with Gasteiger partial charge in [0.05, 0.1) is 15.5 Å². The number of ketones is 1. The van der Waals surface area contributed by atoms with Gasteiger partial charge >= 0.3 is 0 Å². The number of rotatable bonds is 5. The summed E-state index contributed by atoms with van der Waals surface area (Å²) in [5.74, 6) is -0.147. The first kappa shape index (κ1) is 22.3. The number of thiazole rings is 1. The number of carbonyl (C=O) groups excluding carboxylic acids is 1. The molecule has 0 saturated heterocycles. The molecule has 1 aliphatic rings. The maximum atomic E-state index is 13.5. The summed E-state index contributed by atoms with van der Waals surface area (Å²) in [5, 5.41) is 11.1. The molecular weight excluding hydrogens is 440 g/mol. The van der Waals surface area contributed by atoms with Crippen molar-refractivity contribution in [1.82, 2.24) is 4.57 Å². The maximum Gasteiger partial charge on any atom is 0.271 e. The predicted octanol–water partition coefficient (Wildman–Crippen LogP) is 2.80. The number of nitrogens with zero attached hydrogens (tertiary/aromatic N) is 4. The van der Waals surface area contributed by atoms with E-state index in [9.17, 15) is 19.7 Å². The minimum Gasteiger partial charge on any atom is -0.378 e. The number of aromatic nitrogens is 1. The molecule has 0 saturated carbocycles. The number of benzene rings is 2. The van der Waals surface area contributed by atoms with Crippen molar-refractivity contribution in [2.75, 3.05) is 19.0 Å². The number of Topliss-reactive ketones (excluding diaryl/α,β-unsaturated/α-hetero) is 1. The van der Waals surface area contributed by atoms with Gasteiger partial charge in [-0.15, -0.1) is 0 Å². The van der Waals surface area contributed by atoms with E-state index >= 15 is 0 Å². The molecule has 0 N–H and O–H groups in total. The molecule has 1 atom stereocenters. The lowest BCUT2D eigenvalue weighted by Crippen LogP contribution is -2.39. The Bertz CT molecular complexity index is 1480. The second kappa shape index (κ2) is 8.59. The van der Waals surface area contributed by atoms with Crippen molar-refractivity contribution in [1.29, 1.82) is 0 Å². The summed E-state index contributed by atoms with van der Waals surface area (Å²) in [4.78, 5) is 43.7. The average Bonchev–Trinajstić information content (AvgIpc) is 3.07. The molecule has 3 aromatic rings. The third-order valence-electron chi connectivity index (χ3n) is 5.50. The summed E-state index contributed by atoms with van der Waals surface area (Å²) in [5.41, 5.74) is 3.06. The van der Waals surface area contributed by atoms with Crippen LogP contribution in [0.5, 0.6) is 0 Å². The van der Waals surface area contributed by atoms with Crippen LogP contribution in [0.2, 0.25) is 0 Å². The lowest BCUT2D eigenvalue weighted by atomic mass is 9.93. The highest BCUT2D eigenvalue weighted by atomic mass is 32.1. The van der Waals surface area contributed by atoms with Crippen molar-refractivity contribution in [2.45, 2.75) is 19.9 Å². The van der Waals surface area contributed by atoms with Crippen LogP contribution in [0.4, 0.5) is 11.4 Å². The van der Waals surface area contributed by atoms with Gasteiger partial charge in [0.25, 0.3) is 11.2 Å². The highest BCUT2D eigenvalue weighted by Gasteiger charge is 2.30. The zero-order valence-corrected chi connectivity index (χ0v) is 19.4. The average molecular weight is 463 g/mol. The van der Waals surface area contributed by atoms with Crippen molar-refractivity contribution in [3.63, 3.8) is 0 Å². The van der Waals surface area contributed by atoms with Gasteiger partial charge in [-0.25, -0.2) is 4.99 Å². The van der Waals surface area contributed by atoms with Gasteiger partial charge in [-0.2, -0.15) is 0 Å². The van der Waals surface area contributed by atoms with Crippen molar-refractivity contribution >= 4 is 34.6 Å². The molecule has 0 aliphatic carbocycles. The Hall–Kier alpha value is -3.85. The number of non-ortho nitro benzene ring substituents is 1. The zero-order chi connectivity index (χ0) is 23.9. The first-order valence-corrected chi connectivity index (χ1v) is 11.0. The van der Waals surface area contributed by atoms with E-state index in [-0.39, 0.29) is 17.0 Å². The van der Waals surface area contributed by atoms with Crippen LogP contribution < -0.4 is 19.8 Å². The molecule has 4 rings (SSSR count). The Morgan fingerprint density at radius 3 is 2.52 bits per heavy atom. The quantitative estimate of drug-likeness (QED) is 0.429. The normalized spacial score (nSPS) is 15.8. The SMILES string of the molecule is CC(=O)C1=C(C)N=c2s/c(=C/c3cccc([N+](=O)[O-])c3)c(=O)n2[C@H]1c1ccc(N(C)C)cc1. The van der Waals surface area contributed by atoms with E-state index < -0.39 is 11.0 Å². The Morgan fingerprint density at radius 1 is 1.21 bits per heavy atom. The molecule has 9 heteroatoms. The molecule has 0 spiro atoms. The van der Waals surface area contributed by atoms with E-state index in [1.807, 2.05) is 43.3 Å². The van der Waals surface area contributed by atoms with Crippen molar-refractivity contribution in [3.8, 4) is 0 Å². The third kappa shape index (κ3) is 4.14. The fourth-order valence-electron chi connectivity index (χ4n) is 3.92. The smallest absolute Gasteiger partial charge is 0.271 e. The standard InChI is InChI=1S/C24H22N4O4S/c1-14-21(15(2)29)22(17-8-10-18(11-9-17)26(3)4)27-23(30)20(33-24(27)25-14)13-16-6-5-7-19(12-16)28(31)32/h5-13,22H,1-4H3/b20-13+/t22-/m0/s1. The topological polar surface area (TPSA) is 97.8 Å². The predicted molar refractivity (Wildman–Crippen MR) is 128 cm³/mol. The van der Waals surface area contributed by atoms with Crippen molar-refractivity contribution in [2.24, 2.45) is 4.99 Å². The van der Waals surface area contributed by atoms with Crippen molar-refractivity contribution in [3.05, 3.63) is 101 Å². The summed E-state index contributed by atoms with van der Waals surface area (Å²) < 4.78 is 1.93. The summed E-state index contributed by atoms with van der Waals surface area (Å²) in [6.07, 6.45) is 1.62. The van der Waals surface area contributed by atoms with Gasteiger partial charge in [-0.05, 0) is 43.2 Å². The van der Waals surface area contributed by atoms with Crippen LogP contribution in [0, 0.1) is 10.1 Å². The number of anilines is 1. The summed E-state index contributed by atoms with van der Waals surface area (Å²) >= 11 is 1.20. The minimum absolute atomic E-state index is 0.0508. The largest absolute Gasteiger partial charge is 0.378 e. The minimum atomic E-state index is -0.595. The molecule has 1 aromatic heterocycles. The summed E-state index contributed by atoms with van der Waals surface area (Å²) in [6, 6.07) is 13.2. The van der Waals surface area contributed by atoms with E-state index in [4.69, 9.17) is 0 Å². The van der Waals surface area contributed by atoms with Gasteiger partial charge in [0.1, 0.15) is 0 Å². The van der Waals surface area contributed by atoms with Crippen LogP contribution >= 0.6 is 11.3 Å².